The number of hydrogen-bond donors (Lipinski definition) is 0. The van der Waals surface area contributed by atoms with Gasteiger partial charge in [-0.1, -0.05) is 54.6 Å². The summed E-state index contributed by atoms with van der Waals surface area (Å²) in [5, 5.41) is 5.85. The average Bonchev–Trinajstić information content (AvgIpc) is 3.19. The standard InChI is InChI=1S/C12H8O.C8H6S/c1-3-7-11-9(5-1)10-6-2-4-8-12(10)13-11;1-2-4-8-7(3-1)5-6-9-8/h1-8H;1-6H. The van der Waals surface area contributed by atoms with Crippen molar-refractivity contribution in [3.63, 3.8) is 0 Å². The van der Waals surface area contributed by atoms with Gasteiger partial charge in [0.15, 0.2) is 0 Å². The van der Waals surface area contributed by atoms with Crippen molar-refractivity contribution in [2.24, 2.45) is 0 Å². The first-order chi connectivity index (χ1) is 10.9. The maximum atomic E-state index is 5.65. The molecule has 0 atom stereocenters. The second-order valence-electron chi connectivity index (χ2n) is 5.05. The maximum absolute atomic E-state index is 5.65. The molecule has 0 radical (unpaired) electrons. The number of hydrogen-bond acceptors (Lipinski definition) is 2. The van der Waals surface area contributed by atoms with Crippen LogP contribution in [0, 0.1) is 0 Å². The maximum Gasteiger partial charge on any atom is 0.135 e. The monoisotopic (exact) mass is 302 g/mol. The molecule has 0 N–H and O–H groups in total. The summed E-state index contributed by atoms with van der Waals surface area (Å²) in [4.78, 5) is 0. The van der Waals surface area contributed by atoms with E-state index in [1.807, 2.05) is 36.4 Å². The van der Waals surface area contributed by atoms with Crippen LogP contribution in [0.5, 0.6) is 0 Å². The zero-order valence-electron chi connectivity index (χ0n) is 11.9. The Bertz CT molecular complexity index is 959. The Labute approximate surface area is 132 Å². The van der Waals surface area contributed by atoms with E-state index >= 15 is 0 Å². The average molecular weight is 302 g/mol. The van der Waals surface area contributed by atoms with Crippen LogP contribution in [0.15, 0.2) is 88.7 Å². The zero-order valence-corrected chi connectivity index (χ0v) is 12.7. The first-order valence-corrected chi connectivity index (χ1v) is 8.08. The number of furan rings is 1. The molecule has 22 heavy (non-hydrogen) atoms. The van der Waals surface area contributed by atoms with Gasteiger partial charge >= 0.3 is 0 Å². The minimum absolute atomic E-state index is 0.962. The fraction of sp³-hybridized carbons (Fsp3) is 0. The van der Waals surface area contributed by atoms with E-state index in [0.29, 0.717) is 0 Å². The Balaban J connectivity index is 0.000000122. The number of fused-ring (bicyclic) bond motifs is 4. The lowest BCUT2D eigenvalue weighted by molar-refractivity contribution is 0.669. The number of thiophene rings is 1. The molecule has 0 fully saturated rings. The van der Waals surface area contributed by atoms with Crippen LogP contribution in [0.25, 0.3) is 32.0 Å². The van der Waals surface area contributed by atoms with Crippen molar-refractivity contribution in [2.75, 3.05) is 0 Å². The molecule has 0 saturated heterocycles. The summed E-state index contributed by atoms with van der Waals surface area (Å²) in [5.74, 6) is 0. The summed E-state index contributed by atoms with van der Waals surface area (Å²) in [6.45, 7) is 0. The van der Waals surface area contributed by atoms with Gasteiger partial charge in [0.25, 0.3) is 0 Å². The van der Waals surface area contributed by atoms with E-state index in [1.54, 1.807) is 11.3 Å². The molecule has 0 amide bonds. The summed E-state index contributed by atoms with van der Waals surface area (Å²) in [6.07, 6.45) is 0. The number of rotatable bonds is 0. The van der Waals surface area contributed by atoms with Gasteiger partial charge in [0.1, 0.15) is 11.2 Å². The normalized spacial score (nSPS) is 10.7. The Morgan fingerprint density at radius 1 is 0.591 bits per heavy atom. The second kappa shape index (κ2) is 5.66. The summed E-state index contributed by atoms with van der Waals surface area (Å²) in [5.41, 5.74) is 1.92. The lowest BCUT2D eigenvalue weighted by Crippen LogP contribution is -1.62. The molecular weight excluding hydrogens is 288 g/mol. The van der Waals surface area contributed by atoms with Gasteiger partial charge in [-0.2, -0.15) is 0 Å². The number of para-hydroxylation sites is 2. The highest BCUT2D eigenvalue weighted by atomic mass is 32.1. The van der Waals surface area contributed by atoms with Crippen LogP contribution >= 0.6 is 11.3 Å². The van der Waals surface area contributed by atoms with E-state index < -0.39 is 0 Å². The molecule has 2 heterocycles. The van der Waals surface area contributed by atoms with Crippen molar-refractivity contribution in [1.29, 1.82) is 0 Å². The van der Waals surface area contributed by atoms with Crippen molar-refractivity contribution in [1.82, 2.24) is 0 Å². The largest absolute Gasteiger partial charge is 0.456 e. The fourth-order valence-electron chi connectivity index (χ4n) is 2.58. The van der Waals surface area contributed by atoms with Gasteiger partial charge in [0, 0.05) is 15.5 Å². The van der Waals surface area contributed by atoms with Crippen LogP contribution in [0.3, 0.4) is 0 Å². The van der Waals surface area contributed by atoms with E-state index in [4.69, 9.17) is 4.42 Å². The van der Waals surface area contributed by atoms with Crippen LogP contribution in [-0.4, -0.2) is 0 Å². The van der Waals surface area contributed by atoms with Crippen molar-refractivity contribution < 1.29 is 4.42 Å². The molecule has 5 rings (SSSR count). The molecule has 0 aliphatic carbocycles. The van der Waals surface area contributed by atoms with Crippen LogP contribution in [-0.2, 0) is 0 Å². The van der Waals surface area contributed by atoms with Gasteiger partial charge in [-0.15, -0.1) is 11.3 Å². The topological polar surface area (TPSA) is 13.1 Å². The van der Waals surface area contributed by atoms with Gasteiger partial charge in [0.05, 0.1) is 0 Å². The first-order valence-electron chi connectivity index (χ1n) is 7.20. The third-order valence-electron chi connectivity index (χ3n) is 3.65. The summed E-state index contributed by atoms with van der Waals surface area (Å²) >= 11 is 1.79. The molecule has 0 aliphatic heterocycles. The van der Waals surface area contributed by atoms with Gasteiger partial charge < -0.3 is 4.42 Å². The Morgan fingerprint density at radius 3 is 1.86 bits per heavy atom. The second-order valence-corrected chi connectivity index (χ2v) is 6.00. The lowest BCUT2D eigenvalue weighted by atomic mass is 10.2. The van der Waals surface area contributed by atoms with Crippen LogP contribution in [0.2, 0.25) is 0 Å². The third-order valence-corrected chi connectivity index (χ3v) is 4.54. The van der Waals surface area contributed by atoms with Crippen LogP contribution < -0.4 is 0 Å². The van der Waals surface area contributed by atoms with Gasteiger partial charge in [-0.05, 0) is 35.0 Å². The molecule has 0 unspecified atom stereocenters. The number of benzene rings is 3. The Hall–Kier alpha value is -2.58. The van der Waals surface area contributed by atoms with Crippen LogP contribution in [0.4, 0.5) is 0 Å². The molecule has 0 aliphatic rings. The van der Waals surface area contributed by atoms with Crippen LogP contribution in [0.1, 0.15) is 0 Å². The van der Waals surface area contributed by atoms with E-state index in [9.17, 15) is 0 Å². The summed E-state index contributed by atoms with van der Waals surface area (Å²) < 4.78 is 7.03. The van der Waals surface area contributed by atoms with E-state index in [1.165, 1.54) is 20.9 Å². The molecule has 0 bridgehead atoms. The molecule has 2 heteroatoms. The van der Waals surface area contributed by atoms with E-state index in [-0.39, 0.29) is 0 Å². The van der Waals surface area contributed by atoms with Crippen molar-refractivity contribution >= 4 is 43.4 Å². The Morgan fingerprint density at radius 2 is 1.18 bits per heavy atom. The minimum Gasteiger partial charge on any atom is -0.456 e. The Kier molecular flexibility index (Phi) is 3.37. The summed E-state index contributed by atoms with van der Waals surface area (Å²) in [6, 6.07) is 26.7. The highest BCUT2D eigenvalue weighted by Gasteiger charge is 2.03. The molecule has 2 aromatic heterocycles. The molecule has 106 valence electrons. The predicted molar refractivity (Wildman–Crippen MR) is 95.5 cm³/mol. The zero-order chi connectivity index (χ0) is 14.8. The molecular formula is C20H14OS. The molecule has 1 nitrogen and oxygen atoms in total. The molecule has 0 saturated carbocycles. The molecule has 3 aromatic carbocycles. The van der Waals surface area contributed by atoms with Crippen molar-refractivity contribution in [3.8, 4) is 0 Å². The van der Waals surface area contributed by atoms with E-state index in [2.05, 4.69) is 47.8 Å². The smallest absolute Gasteiger partial charge is 0.135 e. The van der Waals surface area contributed by atoms with Gasteiger partial charge in [0.2, 0.25) is 0 Å². The lowest BCUT2D eigenvalue weighted by Gasteiger charge is -1.85. The molecule has 5 aromatic rings. The third kappa shape index (κ3) is 2.38. The molecule has 0 spiro atoms. The van der Waals surface area contributed by atoms with Gasteiger partial charge in [-0.25, -0.2) is 0 Å². The summed E-state index contributed by atoms with van der Waals surface area (Å²) in [7, 11) is 0. The fourth-order valence-corrected chi connectivity index (χ4v) is 3.37. The SMILES string of the molecule is c1ccc2c(c1)oc1ccccc12.c1ccc2sccc2c1. The van der Waals surface area contributed by atoms with Crippen molar-refractivity contribution in [2.45, 2.75) is 0 Å². The highest BCUT2D eigenvalue weighted by Crippen LogP contribution is 2.27. The quantitative estimate of drug-likeness (QED) is 0.319. The predicted octanol–water partition coefficient (Wildman–Crippen LogP) is 6.49. The van der Waals surface area contributed by atoms with Crippen molar-refractivity contribution in [3.05, 3.63) is 84.2 Å². The van der Waals surface area contributed by atoms with Gasteiger partial charge in [-0.3, -0.25) is 0 Å². The first kappa shape index (κ1) is 13.1. The van der Waals surface area contributed by atoms with E-state index in [0.717, 1.165) is 11.2 Å². The highest BCUT2D eigenvalue weighted by molar-refractivity contribution is 7.17. The minimum atomic E-state index is 0.962.